The van der Waals surface area contributed by atoms with Crippen LogP contribution in [0.1, 0.15) is 50.4 Å². The topological polar surface area (TPSA) is 96.4 Å². The van der Waals surface area contributed by atoms with Gasteiger partial charge in [0.15, 0.2) is 0 Å². The summed E-state index contributed by atoms with van der Waals surface area (Å²) in [7, 11) is 5.34. The number of aliphatic hydroxyl groups excluding tert-OH is 1. The number of ether oxygens (including phenoxy) is 2. The number of rotatable bonds is 7. The van der Waals surface area contributed by atoms with E-state index in [2.05, 4.69) is 0 Å². The van der Waals surface area contributed by atoms with Gasteiger partial charge in [-0.1, -0.05) is 32.9 Å². The molecule has 1 aliphatic rings. The monoisotopic (exact) mass is 494 g/mol. The molecule has 0 saturated carbocycles. The largest absolute Gasteiger partial charge is 0.507 e. The summed E-state index contributed by atoms with van der Waals surface area (Å²) >= 11 is 0. The maximum absolute atomic E-state index is 13.3. The molecule has 0 radical (unpaired) electrons. The van der Waals surface area contributed by atoms with Crippen molar-refractivity contribution in [3.63, 3.8) is 0 Å². The molecular weight excluding hydrogens is 460 g/mol. The summed E-state index contributed by atoms with van der Waals surface area (Å²) in [5.41, 5.74) is 1.64. The third kappa shape index (κ3) is 5.60. The Bertz CT molecular complexity index is 1190. The van der Waals surface area contributed by atoms with Crippen LogP contribution in [0.25, 0.3) is 5.76 Å². The number of hydrogen-bond donors (Lipinski definition) is 1. The summed E-state index contributed by atoms with van der Waals surface area (Å²) in [4.78, 5) is 41.1. The van der Waals surface area contributed by atoms with Gasteiger partial charge in [-0.2, -0.15) is 0 Å². The number of aliphatic hydroxyl groups is 1. The first kappa shape index (κ1) is 26.9. The Morgan fingerprint density at radius 3 is 2.25 bits per heavy atom. The Hall–Kier alpha value is -3.65. The highest BCUT2D eigenvalue weighted by Crippen LogP contribution is 2.41. The Morgan fingerprint density at radius 2 is 1.72 bits per heavy atom. The fraction of sp³-hybridized carbons (Fsp3) is 0.393. The second kappa shape index (κ2) is 10.5. The van der Waals surface area contributed by atoms with Crippen molar-refractivity contribution >= 4 is 23.4 Å². The van der Waals surface area contributed by atoms with Crippen LogP contribution < -0.4 is 9.47 Å². The molecule has 1 fully saturated rings. The zero-order valence-corrected chi connectivity index (χ0v) is 21.9. The first-order valence-corrected chi connectivity index (χ1v) is 11.8. The molecule has 192 valence electrons. The quantitative estimate of drug-likeness (QED) is 0.205. The predicted molar refractivity (Wildman–Crippen MR) is 137 cm³/mol. The molecule has 0 aliphatic carbocycles. The number of carbonyl (C=O) groups excluding carboxylic acids is 3. The number of ketones is 1. The van der Waals surface area contributed by atoms with Gasteiger partial charge < -0.3 is 24.4 Å². The van der Waals surface area contributed by atoms with E-state index in [1.54, 1.807) is 49.6 Å². The van der Waals surface area contributed by atoms with Crippen LogP contribution in [0.15, 0.2) is 48.0 Å². The van der Waals surface area contributed by atoms with Gasteiger partial charge in [0.2, 0.25) is 0 Å². The zero-order chi connectivity index (χ0) is 26.8. The van der Waals surface area contributed by atoms with Crippen molar-refractivity contribution in [1.29, 1.82) is 0 Å². The number of amides is 1. The predicted octanol–water partition coefficient (Wildman–Crippen LogP) is 3.90. The van der Waals surface area contributed by atoms with Crippen LogP contribution in [0, 0.1) is 0 Å². The van der Waals surface area contributed by atoms with Crippen molar-refractivity contribution in [2.75, 3.05) is 34.3 Å². The Kier molecular flexibility index (Phi) is 7.89. The first-order valence-electron chi connectivity index (χ1n) is 11.8. The summed E-state index contributed by atoms with van der Waals surface area (Å²) in [6.45, 7) is 8.22. The molecule has 2 aromatic rings. The molecule has 1 heterocycles. The minimum atomic E-state index is -0.795. The van der Waals surface area contributed by atoms with E-state index >= 15 is 0 Å². The summed E-state index contributed by atoms with van der Waals surface area (Å²) in [6.07, 6.45) is 0. The first-order chi connectivity index (χ1) is 16.8. The van der Waals surface area contributed by atoms with Crippen LogP contribution in [0.4, 0.5) is 0 Å². The number of esters is 1. The Balaban J connectivity index is 2.17. The molecule has 0 spiro atoms. The molecule has 1 unspecified atom stereocenters. The lowest BCUT2D eigenvalue weighted by Gasteiger charge is -2.27. The number of Topliss-reactive ketones (excluding diaryl/α,β-unsaturated/α-hetero) is 1. The second-order valence-electron chi connectivity index (χ2n) is 10.1. The van der Waals surface area contributed by atoms with E-state index in [1.807, 2.05) is 39.8 Å². The van der Waals surface area contributed by atoms with E-state index in [9.17, 15) is 19.5 Å². The van der Waals surface area contributed by atoms with E-state index in [0.717, 1.165) is 5.56 Å². The van der Waals surface area contributed by atoms with Crippen LogP contribution in [-0.2, 0) is 19.8 Å². The summed E-state index contributed by atoms with van der Waals surface area (Å²) in [6, 6.07) is 11.0. The van der Waals surface area contributed by atoms with Crippen LogP contribution in [0.2, 0.25) is 0 Å². The maximum Gasteiger partial charge on any atom is 0.308 e. The maximum atomic E-state index is 13.3. The van der Waals surface area contributed by atoms with Crippen LogP contribution >= 0.6 is 0 Å². The molecule has 1 saturated heterocycles. The average Bonchev–Trinajstić information content (AvgIpc) is 3.06. The highest BCUT2D eigenvalue weighted by atomic mass is 16.5. The molecule has 1 amide bonds. The zero-order valence-electron chi connectivity index (χ0n) is 21.9. The molecule has 0 aromatic heterocycles. The molecule has 8 nitrogen and oxygen atoms in total. The lowest BCUT2D eigenvalue weighted by atomic mass is 9.84. The highest BCUT2D eigenvalue weighted by Gasteiger charge is 2.46. The van der Waals surface area contributed by atoms with Gasteiger partial charge in [0, 0.05) is 31.1 Å². The van der Waals surface area contributed by atoms with E-state index in [0.29, 0.717) is 35.7 Å². The highest BCUT2D eigenvalue weighted by molar-refractivity contribution is 6.46. The third-order valence-electron chi connectivity index (χ3n) is 6.07. The van der Waals surface area contributed by atoms with Gasteiger partial charge in [0.25, 0.3) is 11.7 Å². The minimum absolute atomic E-state index is 0.0176. The third-order valence-corrected chi connectivity index (χ3v) is 6.07. The van der Waals surface area contributed by atoms with Crippen molar-refractivity contribution in [2.45, 2.75) is 39.2 Å². The van der Waals surface area contributed by atoms with E-state index in [-0.39, 0.29) is 16.7 Å². The number of methoxy groups -OCH3 is 1. The number of hydrogen-bond acceptors (Lipinski definition) is 7. The van der Waals surface area contributed by atoms with Gasteiger partial charge in [0.1, 0.15) is 17.3 Å². The number of carbonyl (C=O) groups is 3. The van der Waals surface area contributed by atoms with Crippen LogP contribution in [-0.4, -0.2) is 66.9 Å². The van der Waals surface area contributed by atoms with Gasteiger partial charge in [-0.05, 0) is 55.4 Å². The average molecular weight is 495 g/mol. The molecule has 36 heavy (non-hydrogen) atoms. The van der Waals surface area contributed by atoms with Gasteiger partial charge in [-0.3, -0.25) is 14.4 Å². The van der Waals surface area contributed by atoms with E-state index in [1.165, 1.54) is 11.8 Å². The normalized spacial score (nSPS) is 17.6. The lowest BCUT2D eigenvalue weighted by Crippen LogP contribution is -2.35. The number of benzene rings is 2. The molecule has 1 atom stereocenters. The van der Waals surface area contributed by atoms with Crippen LogP contribution in [0.3, 0.4) is 0 Å². The molecule has 2 aromatic carbocycles. The Morgan fingerprint density at radius 1 is 1.08 bits per heavy atom. The molecule has 3 rings (SSSR count). The number of likely N-dealkylation sites (N-methyl/N-ethyl adjacent to an activating group) is 1. The molecule has 8 heteroatoms. The number of nitrogens with zero attached hydrogens (tertiary/aromatic N) is 2. The van der Waals surface area contributed by atoms with Gasteiger partial charge in [-0.25, -0.2) is 0 Å². The summed E-state index contributed by atoms with van der Waals surface area (Å²) in [5, 5.41) is 11.4. The van der Waals surface area contributed by atoms with Crippen molar-refractivity contribution in [3.8, 4) is 11.5 Å². The Labute approximate surface area is 212 Å². The van der Waals surface area contributed by atoms with Gasteiger partial charge in [0.05, 0.1) is 18.7 Å². The fourth-order valence-electron chi connectivity index (χ4n) is 4.25. The summed E-state index contributed by atoms with van der Waals surface area (Å²) in [5.74, 6) is -1.09. The smallest absolute Gasteiger partial charge is 0.308 e. The van der Waals surface area contributed by atoms with Crippen molar-refractivity contribution in [3.05, 3.63) is 64.7 Å². The van der Waals surface area contributed by atoms with Gasteiger partial charge >= 0.3 is 5.97 Å². The van der Waals surface area contributed by atoms with Crippen molar-refractivity contribution in [2.24, 2.45) is 0 Å². The molecule has 0 bridgehead atoms. The molecule has 1 N–H and O–H groups in total. The van der Waals surface area contributed by atoms with Crippen LogP contribution in [0.5, 0.6) is 11.5 Å². The summed E-state index contributed by atoms with van der Waals surface area (Å²) < 4.78 is 10.6. The minimum Gasteiger partial charge on any atom is -0.507 e. The van der Waals surface area contributed by atoms with E-state index in [4.69, 9.17) is 9.47 Å². The fourth-order valence-corrected chi connectivity index (χ4v) is 4.25. The lowest BCUT2D eigenvalue weighted by molar-refractivity contribution is -0.140. The van der Waals surface area contributed by atoms with Crippen molar-refractivity contribution in [1.82, 2.24) is 9.80 Å². The standard InChI is InChI=1S/C28H34N2O6/c1-17(31)36-20-11-8-18(9-12-20)24-23(26(33)27(34)30(24)15-14-29(5)6)25(32)19-10-13-22(35-7)21(16-19)28(2,3)4/h8-13,16,24,32H,14-15H2,1-7H3/b25-23-. The van der Waals surface area contributed by atoms with Gasteiger partial charge in [-0.15, -0.1) is 0 Å². The second-order valence-corrected chi connectivity index (χ2v) is 10.1. The van der Waals surface area contributed by atoms with Crippen molar-refractivity contribution < 1.29 is 29.0 Å². The molecule has 1 aliphatic heterocycles. The SMILES string of the molecule is COc1ccc(/C(O)=C2/C(=O)C(=O)N(CCN(C)C)C2c2ccc(OC(C)=O)cc2)cc1C(C)(C)C. The van der Waals surface area contributed by atoms with E-state index < -0.39 is 23.7 Å². The molecular formula is C28H34N2O6. The number of likely N-dealkylation sites (tertiary alicyclic amines) is 1.